The molecular weight excluding hydrogens is 771 g/mol. The zero-order chi connectivity index (χ0) is 42.0. The molecule has 6 bridgehead atoms. The summed E-state index contributed by atoms with van der Waals surface area (Å²) in [6, 6.07) is 81.5. The second-order valence-electron chi connectivity index (χ2n) is 15.2. The highest BCUT2D eigenvalue weighted by Gasteiger charge is 2.26. The van der Waals surface area contributed by atoms with Crippen molar-refractivity contribution in [1.82, 2.24) is 19.9 Å². The van der Waals surface area contributed by atoms with Crippen molar-refractivity contribution in [3.8, 4) is 45.0 Å². The van der Waals surface area contributed by atoms with Crippen LogP contribution < -0.4 is 14.7 Å². The molecule has 0 saturated heterocycles. The zero-order valence-corrected chi connectivity index (χ0v) is 34.1. The molecule has 1 aliphatic heterocycles. The molecule has 7 heteroatoms. The summed E-state index contributed by atoms with van der Waals surface area (Å²) in [4.78, 5) is 28.0. The maximum Gasteiger partial charge on any atom is 0.235 e. The predicted molar refractivity (Wildman–Crippen MR) is 257 cm³/mol. The first-order valence-corrected chi connectivity index (χ1v) is 21.0. The second kappa shape index (κ2) is 16.4. The molecule has 0 saturated carbocycles. The lowest BCUT2D eigenvalue weighted by Gasteiger charge is -2.32. The summed E-state index contributed by atoms with van der Waals surface area (Å²) in [5, 5.41) is 0. The Kier molecular flexibility index (Phi) is 9.72. The number of rotatable bonds is 7. The molecule has 0 fully saturated rings. The van der Waals surface area contributed by atoms with Gasteiger partial charge in [-0.15, -0.1) is 0 Å². The topological polar surface area (TPSA) is 61.3 Å². The molecule has 3 heterocycles. The van der Waals surface area contributed by atoms with Crippen LogP contribution in [0.25, 0.3) is 45.0 Å². The number of benzene rings is 8. The van der Waals surface area contributed by atoms with E-state index in [-0.39, 0.29) is 0 Å². The Morgan fingerprint density at radius 1 is 0.206 bits per heavy atom. The van der Waals surface area contributed by atoms with Gasteiger partial charge in [0.2, 0.25) is 11.9 Å². The van der Waals surface area contributed by atoms with Crippen molar-refractivity contribution in [3.05, 3.63) is 237 Å². The van der Waals surface area contributed by atoms with Crippen LogP contribution >= 0.6 is 0 Å². The third-order valence-corrected chi connectivity index (χ3v) is 11.2. The molecule has 0 radical (unpaired) electrons. The van der Waals surface area contributed by atoms with Gasteiger partial charge >= 0.3 is 0 Å². The molecule has 7 nitrogen and oxygen atoms in total. The van der Waals surface area contributed by atoms with Gasteiger partial charge in [-0.3, -0.25) is 9.80 Å². The summed E-state index contributed by atoms with van der Waals surface area (Å²) in [7, 11) is 0. The summed E-state index contributed by atoms with van der Waals surface area (Å²) < 4.78 is 0. The highest BCUT2D eigenvalue weighted by atomic mass is 15.3. The molecule has 1 aliphatic rings. The molecule has 11 rings (SSSR count). The fourth-order valence-corrected chi connectivity index (χ4v) is 8.19. The van der Waals surface area contributed by atoms with Crippen molar-refractivity contribution in [2.45, 2.75) is 0 Å². The second-order valence-corrected chi connectivity index (χ2v) is 15.2. The lowest BCUT2D eigenvalue weighted by Crippen LogP contribution is -2.19. The fraction of sp³-hybridized carbons (Fsp3) is 0. The Balaban J connectivity index is 1.19. The molecule has 298 valence electrons. The predicted octanol–water partition coefficient (Wildman–Crippen LogP) is 14.7. The van der Waals surface area contributed by atoms with Gasteiger partial charge in [0, 0.05) is 39.3 Å². The third kappa shape index (κ3) is 7.45. The van der Waals surface area contributed by atoms with Gasteiger partial charge in [-0.2, -0.15) is 0 Å². The molecule has 8 aromatic carbocycles. The lowest BCUT2D eigenvalue weighted by atomic mass is 10.1. The number of aromatic nitrogens is 4. The Hall–Kier alpha value is -8.68. The summed E-state index contributed by atoms with van der Waals surface area (Å²) in [6.07, 6.45) is 0. The number of anilines is 9. The molecule has 0 amide bonds. The van der Waals surface area contributed by atoms with Gasteiger partial charge in [0.25, 0.3) is 0 Å². The minimum absolute atomic E-state index is 0.534. The molecule has 0 unspecified atom stereocenters. The Bertz CT molecular complexity index is 2870. The Morgan fingerprint density at radius 3 is 0.730 bits per heavy atom. The standard InChI is InChI=1S/C56H39N7/c1-6-19-40(20-7-1)51-38-52(41-21-8-2-9-22-41)58-55(57-51)62-47-31-16-29-45(35-47)61(44-27-14-5-15-28-44)46-30-17-32-48(36-46)63(50-34-18-33-49(62)37-50)56-59-53(42-23-10-3-11-24-42)39-54(60-56)43-25-12-4-13-26-43/h1-39H. The number of para-hydroxylation sites is 1. The van der Waals surface area contributed by atoms with Gasteiger partial charge < -0.3 is 4.90 Å². The molecule has 10 aromatic rings. The quantitative estimate of drug-likeness (QED) is 0.159. The highest BCUT2D eigenvalue weighted by Crippen LogP contribution is 2.45. The monoisotopic (exact) mass is 809 g/mol. The maximum absolute atomic E-state index is 5.36. The first kappa shape index (κ1) is 37.3. The van der Waals surface area contributed by atoms with Crippen molar-refractivity contribution in [2.75, 3.05) is 14.7 Å². The van der Waals surface area contributed by atoms with E-state index in [1.54, 1.807) is 0 Å². The van der Waals surface area contributed by atoms with Crippen LogP contribution in [0.5, 0.6) is 0 Å². The van der Waals surface area contributed by atoms with E-state index in [9.17, 15) is 0 Å². The fourth-order valence-electron chi connectivity index (χ4n) is 8.19. The van der Waals surface area contributed by atoms with Crippen molar-refractivity contribution in [3.63, 3.8) is 0 Å². The van der Waals surface area contributed by atoms with Crippen molar-refractivity contribution < 1.29 is 0 Å². The molecule has 0 spiro atoms. The van der Waals surface area contributed by atoms with E-state index in [0.717, 1.165) is 84.8 Å². The van der Waals surface area contributed by atoms with E-state index in [2.05, 4.69) is 172 Å². The average molecular weight is 810 g/mol. The van der Waals surface area contributed by atoms with Crippen LogP contribution in [0.4, 0.5) is 51.7 Å². The van der Waals surface area contributed by atoms with Gasteiger partial charge in [0.15, 0.2) is 0 Å². The van der Waals surface area contributed by atoms with E-state index in [4.69, 9.17) is 19.9 Å². The zero-order valence-electron chi connectivity index (χ0n) is 34.1. The Morgan fingerprint density at radius 2 is 0.444 bits per heavy atom. The maximum atomic E-state index is 5.36. The van der Waals surface area contributed by atoms with Crippen molar-refractivity contribution in [2.24, 2.45) is 0 Å². The molecule has 0 N–H and O–H groups in total. The molecule has 0 atom stereocenters. The normalized spacial score (nSPS) is 12.0. The summed E-state index contributed by atoms with van der Waals surface area (Å²) in [6.45, 7) is 0. The number of hydrogen-bond acceptors (Lipinski definition) is 7. The number of fused-ring (bicyclic) bond motifs is 6. The number of nitrogens with zero attached hydrogens (tertiary/aromatic N) is 7. The van der Waals surface area contributed by atoms with E-state index in [1.807, 2.05) is 78.9 Å². The third-order valence-electron chi connectivity index (χ3n) is 11.2. The van der Waals surface area contributed by atoms with E-state index < -0.39 is 0 Å². The van der Waals surface area contributed by atoms with Crippen LogP contribution in [-0.4, -0.2) is 19.9 Å². The largest absolute Gasteiger partial charge is 0.310 e. The van der Waals surface area contributed by atoms with Crippen LogP contribution in [-0.2, 0) is 0 Å². The van der Waals surface area contributed by atoms with Gasteiger partial charge in [-0.05, 0) is 78.9 Å². The van der Waals surface area contributed by atoms with E-state index >= 15 is 0 Å². The van der Waals surface area contributed by atoms with Crippen molar-refractivity contribution >= 4 is 51.7 Å². The molecule has 2 aromatic heterocycles. The molecule has 63 heavy (non-hydrogen) atoms. The van der Waals surface area contributed by atoms with Crippen LogP contribution in [0, 0.1) is 0 Å². The van der Waals surface area contributed by atoms with Crippen LogP contribution in [0.3, 0.4) is 0 Å². The molecular formula is C56H39N7. The van der Waals surface area contributed by atoms with Crippen LogP contribution in [0.1, 0.15) is 0 Å². The van der Waals surface area contributed by atoms with E-state index in [0.29, 0.717) is 11.9 Å². The van der Waals surface area contributed by atoms with Gasteiger partial charge in [0.1, 0.15) is 0 Å². The average Bonchev–Trinajstić information content (AvgIpc) is 3.36. The summed E-state index contributed by atoms with van der Waals surface area (Å²) >= 11 is 0. The summed E-state index contributed by atoms with van der Waals surface area (Å²) in [5.74, 6) is 1.07. The summed E-state index contributed by atoms with van der Waals surface area (Å²) in [5.41, 5.74) is 13.8. The van der Waals surface area contributed by atoms with Crippen molar-refractivity contribution in [1.29, 1.82) is 0 Å². The first-order valence-electron chi connectivity index (χ1n) is 21.0. The Labute approximate surface area is 366 Å². The minimum atomic E-state index is 0.534. The minimum Gasteiger partial charge on any atom is -0.310 e. The van der Waals surface area contributed by atoms with Gasteiger partial charge in [0.05, 0.1) is 45.5 Å². The van der Waals surface area contributed by atoms with Gasteiger partial charge in [-0.1, -0.05) is 158 Å². The highest BCUT2D eigenvalue weighted by molar-refractivity contribution is 5.88. The van der Waals surface area contributed by atoms with E-state index in [1.165, 1.54) is 0 Å². The van der Waals surface area contributed by atoms with Crippen LogP contribution in [0.15, 0.2) is 237 Å². The SMILES string of the molecule is c1ccc(-c2cc(-c3ccccc3)nc(N3c4cccc(c4)N(c4ccccc4)c4cccc(c4)N(c4nc(-c5ccccc5)cc(-c5ccccc5)n4)c4cccc3c4)n2)cc1. The smallest absolute Gasteiger partial charge is 0.235 e. The lowest BCUT2D eigenvalue weighted by molar-refractivity contribution is 1.07. The van der Waals surface area contributed by atoms with Gasteiger partial charge in [-0.25, -0.2) is 19.9 Å². The molecule has 0 aliphatic carbocycles. The number of hydrogen-bond donors (Lipinski definition) is 0. The first-order chi connectivity index (χ1) is 31.2. The van der Waals surface area contributed by atoms with Crippen LogP contribution in [0.2, 0.25) is 0 Å².